The molecule has 19 aromatic rings. The summed E-state index contributed by atoms with van der Waals surface area (Å²) in [5.41, 5.74) is 20.4. The summed E-state index contributed by atoms with van der Waals surface area (Å²) >= 11 is 0. The number of para-hydroxylation sites is 2. The summed E-state index contributed by atoms with van der Waals surface area (Å²) < 4.78 is 13.5. The Bertz CT molecular complexity index is 5980. The minimum absolute atomic E-state index is 0.899. The molecule has 0 aliphatic rings. The van der Waals surface area contributed by atoms with E-state index in [1.807, 2.05) is 0 Å². The van der Waals surface area contributed by atoms with E-state index in [0.29, 0.717) is 0 Å². The Morgan fingerprint density at radius 2 is 0.478 bits per heavy atom. The second kappa shape index (κ2) is 21.9. The van der Waals surface area contributed by atoms with Gasteiger partial charge in [-0.1, -0.05) is 322 Å². The van der Waals surface area contributed by atoms with Gasteiger partial charge < -0.3 is 8.83 Å². The molecule has 0 aliphatic carbocycles. The van der Waals surface area contributed by atoms with Crippen LogP contribution in [0.15, 0.2) is 349 Å². The molecule has 0 saturated heterocycles. The zero-order valence-corrected chi connectivity index (χ0v) is 50.1. The summed E-state index contributed by atoms with van der Waals surface area (Å²) in [6.45, 7) is 0. The van der Waals surface area contributed by atoms with E-state index in [2.05, 4.69) is 340 Å². The molecule has 92 heavy (non-hydrogen) atoms. The monoisotopic (exact) mass is 1170 g/mol. The second-order valence-corrected chi connectivity index (χ2v) is 24.0. The van der Waals surface area contributed by atoms with Crippen LogP contribution in [-0.4, -0.2) is 0 Å². The summed E-state index contributed by atoms with van der Waals surface area (Å²) in [6.07, 6.45) is 0. The topological polar surface area (TPSA) is 26.3 Å². The van der Waals surface area contributed by atoms with Crippen LogP contribution < -0.4 is 0 Å². The zero-order valence-electron chi connectivity index (χ0n) is 50.1. The van der Waals surface area contributed by atoms with Crippen LogP contribution in [0.1, 0.15) is 0 Å². The first-order valence-corrected chi connectivity index (χ1v) is 31.6. The molecule has 2 nitrogen and oxygen atoms in total. The highest BCUT2D eigenvalue weighted by Crippen LogP contribution is 2.50. The lowest BCUT2D eigenvalue weighted by Gasteiger charge is -2.18. The summed E-state index contributed by atoms with van der Waals surface area (Å²) in [5, 5.41) is 19.6. The number of fused-ring (bicyclic) bond motifs is 13. The van der Waals surface area contributed by atoms with Gasteiger partial charge in [0.25, 0.3) is 0 Å². The van der Waals surface area contributed by atoms with Gasteiger partial charge in [-0.05, 0) is 150 Å². The molecule has 2 heteroatoms. The molecule has 428 valence electrons. The third kappa shape index (κ3) is 8.64. The zero-order chi connectivity index (χ0) is 60.6. The van der Waals surface area contributed by atoms with Crippen LogP contribution in [0.3, 0.4) is 0 Å². The molecule has 0 bridgehead atoms. The number of benzene rings is 17. The normalized spacial score (nSPS) is 11.7. The standard InChI is InChI=1S/C46H28O.C44H28O/c1-2-13-30(14-3-1)43-36-16-6-8-18-38(36)44(39-19-9-7-17-37(39)43)40-21-11-23-42-45(40)41-22-10-20-35(46(41)47-42)32-26-27-34-31(28-32)25-24-29-12-4-5-15-33(29)34;1-3-13-29(14-4-1)30-25-27-31(28-26-30)33-21-11-23-39-43-38(22-12-24-40(43)45-44(33)39)42-36-19-9-7-17-34(36)41(32-15-5-2-6-16-32)35-18-8-10-20-37(35)42/h1-28H;1-28H. The largest absolute Gasteiger partial charge is 0.455 e. The van der Waals surface area contributed by atoms with Crippen molar-refractivity contribution in [2.45, 2.75) is 0 Å². The molecule has 17 aromatic carbocycles. The first-order chi connectivity index (χ1) is 45.7. The maximum atomic E-state index is 6.80. The number of hydrogen-bond donors (Lipinski definition) is 0. The Balaban J connectivity index is 0.000000136. The lowest BCUT2D eigenvalue weighted by molar-refractivity contribution is 0.669. The number of furan rings is 2. The molecule has 2 aromatic heterocycles. The van der Waals surface area contributed by atoms with E-state index in [9.17, 15) is 0 Å². The molecule has 19 rings (SSSR count). The van der Waals surface area contributed by atoms with Crippen molar-refractivity contribution in [1.29, 1.82) is 0 Å². The van der Waals surface area contributed by atoms with Crippen LogP contribution in [0, 0.1) is 0 Å². The van der Waals surface area contributed by atoms with Crippen molar-refractivity contribution in [1.82, 2.24) is 0 Å². The highest BCUT2D eigenvalue weighted by atomic mass is 16.3. The molecule has 0 aliphatic heterocycles. The Morgan fingerprint density at radius 1 is 0.163 bits per heavy atom. The Hall–Kier alpha value is -12.1. The third-order valence-corrected chi connectivity index (χ3v) is 18.9. The summed E-state index contributed by atoms with van der Waals surface area (Å²) in [7, 11) is 0. The molecule has 0 atom stereocenters. The molecule has 2 heterocycles. The molecule has 0 fully saturated rings. The van der Waals surface area contributed by atoms with Gasteiger partial charge in [0, 0.05) is 32.7 Å². The maximum absolute atomic E-state index is 6.80. The van der Waals surface area contributed by atoms with E-state index < -0.39 is 0 Å². The molecular formula is C90H56O2. The fourth-order valence-corrected chi connectivity index (χ4v) is 14.9. The first kappa shape index (κ1) is 53.0. The van der Waals surface area contributed by atoms with Crippen LogP contribution >= 0.6 is 0 Å². The van der Waals surface area contributed by atoms with E-state index in [0.717, 1.165) is 66.1 Å². The van der Waals surface area contributed by atoms with Gasteiger partial charge in [0.1, 0.15) is 22.3 Å². The molecule has 0 N–H and O–H groups in total. The smallest absolute Gasteiger partial charge is 0.143 e. The summed E-state index contributed by atoms with van der Waals surface area (Å²) in [6, 6.07) is 122. The van der Waals surface area contributed by atoms with Crippen LogP contribution in [0.5, 0.6) is 0 Å². The fourth-order valence-electron chi connectivity index (χ4n) is 14.9. The maximum Gasteiger partial charge on any atom is 0.143 e. The van der Waals surface area contributed by atoms with Crippen molar-refractivity contribution in [3.63, 3.8) is 0 Å². The molecule has 0 radical (unpaired) electrons. The number of rotatable bonds is 7. The summed E-state index contributed by atoms with van der Waals surface area (Å²) in [4.78, 5) is 0. The van der Waals surface area contributed by atoms with Gasteiger partial charge in [0.05, 0.1) is 0 Å². The number of hydrogen-bond acceptors (Lipinski definition) is 2. The van der Waals surface area contributed by atoms with E-state index in [-0.39, 0.29) is 0 Å². The van der Waals surface area contributed by atoms with Crippen molar-refractivity contribution >= 4 is 109 Å². The highest BCUT2D eigenvalue weighted by Gasteiger charge is 2.24. The van der Waals surface area contributed by atoms with E-state index in [4.69, 9.17) is 8.83 Å². The molecule has 0 amide bonds. The summed E-state index contributed by atoms with van der Waals surface area (Å²) in [5.74, 6) is 0. The Kier molecular flexibility index (Phi) is 12.6. The van der Waals surface area contributed by atoms with Crippen LogP contribution in [0.25, 0.3) is 186 Å². The Labute approximate surface area is 531 Å². The minimum atomic E-state index is 0.899. The van der Waals surface area contributed by atoms with E-state index in [1.165, 1.54) is 120 Å². The first-order valence-electron chi connectivity index (χ1n) is 31.6. The fraction of sp³-hybridized carbons (Fsp3) is 0. The van der Waals surface area contributed by atoms with Gasteiger partial charge >= 0.3 is 0 Å². The van der Waals surface area contributed by atoms with Gasteiger partial charge in [0.2, 0.25) is 0 Å². The Morgan fingerprint density at radius 3 is 0.946 bits per heavy atom. The third-order valence-electron chi connectivity index (χ3n) is 18.9. The average Bonchev–Trinajstić information content (AvgIpc) is 1.23. The molecule has 0 unspecified atom stereocenters. The van der Waals surface area contributed by atoms with E-state index in [1.54, 1.807) is 0 Å². The van der Waals surface area contributed by atoms with Crippen LogP contribution in [0.2, 0.25) is 0 Å². The molecule has 0 spiro atoms. The van der Waals surface area contributed by atoms with Gasteiger partial charge in [-0.25, -0.2) is 0 Å². The quantitative estimate of drug-likeness (QED) is 0.117. The minimum Gasteiger partial charge on any atom is -0.455 e. The van der Waals surface area contributed by atoms with Crippen molar-refractivity contribution in [3.05, 3.63) is 340 Å². The van der Waals surface area contributed by atoms with Gasteiger partial charge in [-0.3, -0.25) is 0 Å². The molecular weight excluding hydrogens is 1110 g/mol. The lowest BCUT2D eigenvalue weighted by Crippen LogP contribution is -1.91. The molecule has 0 saturated carbocycles. The second-order valence-electron chi connectivity index (χ2n) is 24.0. The van der Waals surface area contributed by atoms with Gasteiger partial charge in [0.15, 0.2) is 0 Å². The predicted molar refractivity (Wildman–Crippen MR) is 391 cm³/mol. The van der Waals surface area contributed by atoms with E-state index >= 15 is 0 Å². The average molecular weight is 1170 g/mol. The SMILES string of the molecule is c1ccc(-c2c3ccccc3c(-c3cccc4oc5c(-c6ccc7c(ccc8ccccc87)c6)cccc5c34)c3ccccc23)cc1.c1ccc(-c2ccc(-c3cccc4c3oc3cccc(-c5c6ccccc6c(-c6ccccc6)c6ccccc56)c34)cc2)cc1. The van der Waals surface area contributed by atoms with Crippen molar-refractivity contribution in [2.75, 3.05) is 0 Å². The van der Waals surface area contributed by atoms with Crippen LogP contribution in [-0.2, 0) is 0 Å². The predicted octanol–water partition coefficient (Wildman–Crippen LogP) is 25.8. The van der Waals surface area contributed by atoms with Gasteiger partial charge in [-0.15, -0.1) is 0 Å². The van der Waals surface area contributed by atoms with Crippen molar-refractivity contribution < 1.29 is 8.83 Å². The van der Waals surface area contributed by atoms with Crippen molar-refractivity contribution in [3.8, 4) is 77.9 Å². The van der Waals surface area contributed by atoms with Crippen molar-refractivity contribution in [2.24, 2.45) is 0 Å². The van der Waals surface area contributed by atoms with Gasteiger partial charge in [-0.2, -0.15) is 0 Å². The highest BCUT2D eigenvalue weighted by molar-refractivity contribution is 6.28. The van der Waals surface area contributed by atoms with Crippen LogP contribution in [0.4, 0.5) is 0 Å². The lowest BCUT2D eigenvalue weighted by atomic mass is 9.85.